The minimum atomic E-state index is -0.308. The van der Waals surface area contributed by atoms with Crippen LogP contribution in [0.5, 0.6) is 0 Å². The molecular weight excluding hydrogens is 340 g/mol. The molecule has 0 saturated heterocycles. The maximum atomic E-state index is 13.3. The molecule has 0 radical (unpaired) electrons. The van der Waals surface area contributed by atoms with Crippen molar-refractivity contribution in [3.8, 4) is 0 Å². The Balaban J connectivity index is 2.11. The summed E-state index contributed by atoms with van der Waals surface area (Å²) in [5.41, 5.74) is 1.55. The van der Waals surface area contributed by atoms with Crippen LogP contribution in [0, 0.1) is 5.82 Å². The summed E-state index contributed by atoms with van der Waals surface area (Å²) in [6.45, 7) is 0.487. The highest BCUT2D eigenvalue weighted by molar-refractivity contribution is 9.10. The van der Waals surface area contributed by atoms with E-state index in [1.54, 1.807) is 18.2 Å². The Kier molecular flexibility index (Phi) is 4.49. The molecule has 1 nitrogen and oxygen atoms in total. The molecule has 0 atom stereocenters. The summed E-state index contributed by atoms with van der Waals surface area (Å²) >= 11 is 15.1. The number of hydrogen-bond donors (Lipinski definition) is 1. The summed E-state index contributed by atoms with van der Waals surface area (Å²) in [4.78, 5) is 0. The lowest BCUT2D eigenvalue weighted by molar-refractivity contribution is 0.621. The molecule has 5 heteroatoms. The Labute approximate surface area is 123 Å². The average molecular weight is 349 g/mol. The fourth-order valence-electron chi connectivity index (χ4n) is 1.49. The minimum Gasteiger partial charge on any atom is -0.381 e. The molecule has 0 unspecified atom stereocenters. The van der Waals surface area contributed by atoms with Crippen LogP contribution in [0.2, 0.25) is 10.0 Å². The lowest BCUT2D eigenvalue weighted by atomic mass is 10.2. The standard InChI is InChI=1S/C13H9BrCl2FN/c14-10-5-4-9(6-12(10)17)18-7-8-2-1-3-11(15)13(8)16/h1-6,18H,7H2. The second kappa shape index (κ2) is 5.91. The topological polar surface area (TPSA) is 12.0 Å². The zero-order chi connectivity index (χ0) is 13.1. The van der Waals surface area contributed by atoms with E-state index in [9.17, 15) is 4.39 Å². The van der Waals surface area contributed by atoms with Gasteiger partial charge in [-0.1, -0.05) is 35.3 Å². The van der Waals surface area contributed by atoms with Gasteiger partial charge in [-0.25, -0.2) is 4.39 Å². The molecular formula is C13H9BrCl2FN. The molecule has 0 amide bonds. The quantitative estimate of drug-likeness (QED) is 0.771. The molecule has 0 aliphatic carbocycles. The monoisotopic (exact) mass is 347 g/mol. The molecule has 0 aromatic heterocycles. The predicted molar refractivity (Wildman–Crippen MR) is 77.9 cm³/mol. The zero-order valence-electron chi connectivity index (χ0n) is 9.18. The molecule has 0 fully saturated rings. The summed E-state index contributed by atoms with van der Waals surface area (Å²) < 4.78 is 13.8. The highest BCUT2D eigenvalue weighted by Crippen LogP contribution is 2.26. The third-order valence-corrected chi connectivity index (χ3v) is 3.94. The van der Waals surface area contributed by atoms with Gasteiger partial charge in [-0.15, -0.1) is 0 Å². The molecule has 2 aromatic rings. The van der Waals surface area contributed by atoms with Crippen molar-refractivity contribution in [2.75, 3.05) is 5.32 Å². The number of anilines is 1. The molecule has 0 aliphatic heterocycles. The number of nitrogens with one attached hydrogen (secondary N) is 1. The van der Waals surface area contributed by atoms with Crippen LogP contribution in [0.25, 0.3) is 0 Å². The maximum Gasteiger partial charge on any atom is 0.139 e. The van der Waals surface area contributed by atoms with Gasteiger partial charge in [0.05, 0.1) is 14.5 Å². The van der Waals surface area contributed by atoms with Crippen molar-refractivity contribution >= 4 is 44.8 Å². The van der Waals surface area contributed by atoms with Crippen molar-refractivity contribution in [2.45, 2.75) is 6.54 Å². The van der Waals surface area contributed by atoms with E-state index in [2.05, 4.69) is 21.2 Å². The molecule has 0 saturated carbocycles. The van der Waals surface area contributed by atoms with Gasteiger partial charge in [0.2, 0.25) is 0 Å². The van der Waals surface area contributed by atoms with Crippen LogP contribution in [0.1, 0.15) is 5.56 Å². The van der Waals surface area contributed by atoms with Gasteiger partial charge in [-0.05, 0) is 45.8 Å². The van der Waals surface area contributed by atoms with Crippen molar-refractivity contribution < 1.29 is 4.39 Å². The van der Waals surface area contributed by atoms with Crippen molar-refractivity contribution in [3.05, 3.63) is 62.3 Å². The summed E-state index contributed by atoms with van der Waals surface area (Å²) in [6, 6.07) is 10.3. The van der Waals surface area contributed by atoms with Crippen molar-refractivity contribution in [2.24, 2.45) is 0 Å². The second-order valence-electron chi connectivity index (χ2n) is 3.70. The first-order valence-electron chi connectivity index (χ1n) is 5.20. The van der Waals surface area contributed by atoms with Crippen LogP contribution in [0.3, 0.4) is 0 Å². The van der Waals surface area contributed by atoms with Gasteiger partial charge >= 0.3 is 0 Å². The molecule has 2 rings (SSSR count). The summed E-state index contributed by atoms with van der Waals surface area (Å²) in [7, 11) is 0. The molecule has 0 aliphatic rings. The number of rotatable bonds is 3. The average Bonchev–Trinajstić information content (AvgIpc) is 2.35. The molecule has 94 valence electrons. The van der Waals surface area contributed by atoms with Crippen LogP contribution < -0.4 is 5.32 Å². The normalized spacial score (nSPS) is 10.4. The van der Waals surface area contributed by atoms with E-state index in [-0.39, 0.29) is 5.82 Å². The Morgan fingerprint density at radius 1 is 1.17 bits per heavy atom. The fourth-order valence-corrected chi connectivity index (χ4v) is 2.12. The van der Waals surface area contributed by atoms with E-state index in [1.807, 2.05) is 12.1 Å². The first-order chi connectivity index (χ1) is 8.58. The van der Waals surface area contributed by atoms with Gasteiger partial charge < -0.3 is 5.32 Å². The summed E-state index contributed by atoms with van der Waals surface area (Å²) in [6.07, 6.45) is 0. The maximum absolute atomic E-state index is 13.3. The third-order valence-electron chi connectivity index (χ3n) is 2.43. The summed E-state index contributed by atoms with van der Waals surface area (Å²) in [5, 5.41) is 4.12. The van der Waals surface area contributed by atoms with E-state index in [4.69, 9.17) is 23.2 Å². The van der Waals surface area contributed by atoms with E-state index in [0.29, 0.717) is 26.8 Å². The Hall–Kier alpha value is -0.770. The number of hydrogen-bond acceptors (Lipinski definition) is 1. The first-order valence-corrected chi connectivity index (χ1v) is 6.74. The van der Waals surface area contributed by atoms with Crippen molar-refractivity contribution in [3.63, 3.8) is 0 Å². The first kappa shape index (κ1) is 13.7. The predicted octanol–water partition coefficient (Wildman–Crippen LogP) is 5.51. The highest BCUT2D eigenvalue weighted by Gasteiger charge is 2.05. The molecule has 1 N–H and O–H groups in total. The fraction of sp³-hybridized carbons (Fsp3) is 0.0769. The second-order valence-corrected chi connectivity index (χ2v) is 5.33. The van der Waals surface area contributed by atoms with Gasteiger partial charge in [0.1, 0.15) is 5.82 Å². The third kappa shape index (κ3) is 3.16. The lowest BCUT2D eigenvalue weighted by Crippen LogP contribution is -2.00. The molecule has 0 heterocycles. The van der Waals surface area contributed by atoms with Crippen LogP contribution in [-0.4, -0.2) is 0 Å². The SMILES string of the molecule is Fc1cc(NCc2cccc(Cl)c2Cl)ccc1Br. The van der Waals surface area contributed by atoms with Crippen LogP contribution in [0.15, 0.2) is 40.9 Å². The Morgan fingerprint density at radius 3 is 2.67 bits per heavy atom. The lowest BCUT2D eigenvalue weighted by Gasteiger charge is -2.09. The Bertz CT molecular complexity index is 575. The van der Waals surface area contributed by atoms with Crippen LogP contribution in [-0.2, 0) is 6.54 Å². The smallest absolute Gasteiger partial charge is 0.139 e. The zero-order valence-corrected chi connectivity index (χ0v) is 12.3. The van der Waals surface area contributed by atoms with Crippen LogP contribution >= 0.6 is 39.1 Å². The van der Waals surface area contributed by atoms with Crippen molar-refractivity contribution in [1.29, 1.82) is 0 Å². The van der Waals surface area contributed by atoms with Gasteiger partial charge in [0, 0.05) is 12.2 Å². The number of halogens is 4. The van der Waals surface area contributed by atoms with Gasteiger partial charge in [0.15, 0.2) is 0 Å². The molecule has 0 bridgehead atoms. The number of benzene rings is 2. The van der Waals surface area contributed by atoms with E-state index >= 15 is 0 Å². The van der Waals surface area contributed by atoms with Crippen LogP contribution in [0.4, 0.5) is 10.1 Å². The van der Waals surface area contributed by atoms with Gasteiger partial charge in [-0.3, -0.25) is 0 Å². The molecule has 2 aromatic carbocycles. The van der Waals surface area contributed by atoms with Gasteiger partial charge in [-0.2, -0.15) is 0 Å². The minimum absolute atomic E-state index is 0.308. The highest BCUT2D eigenvalue weighted by atomic mass is 79.9. The molecule has 18 heavy (non-hydrogen) atoms. The van der Waals surface area contributed by atoms with Crippen molar-refractivity contribution in [1.82, 2.24) is 0 Å². The molecule has 0 spiro atoms. The van der Waals surface area contributed by atoms with E-state index < -0.39 is 0 Å². The van der Waals surface area contributed by atoms with E-state index in [0.717, 1.165) is 5.56 Å². The summed E-state index contributed by atoms with van der Waals surface area (Å²) in [5.74, 6) is -0.308. The van der Waals surface area contributed by atoms with Gasteiger partial charge in [0.25, 0.3) is 0 Å². The van der Waals surface area contributed by atoms with E-state index in [1.165, 1.54) is 6.07 Å². The largest absolute Gasteiger partial charge is 0.381 e. The Morgan fingerprint density at radius 2 is 1.94 bits per heavy atom.